The summed E-state index contributed by atoms with van der Waals surface area (Å²) in [6, 6.07) is 16.7. The number of Topliss-reactive ketones (excluding diaryl/α,β-unsaturated/α-hetero) is 1. The van der Waals surface area contributed by atoms with E-state index in [0.717, 1.165) is 24.0 Å². The molecule has 0 radical (unpaired) electrons. The Labute approximate surface area is 194 Å². The molecule has 2 aromatic heterocycles. The van der Waals surface area contributed by atoms with Gasteiger partial charge in [-0.15, -0.1) is 0 Å². The van der Waals surface area contributed by atoms with Gasteiger partial charge in [0, 0.05) is 29.1 Å². The van der Waals surface area contributed by atoms with Gasteiger partial charge in [0.2, 0.25) is 5.91 Å². The van der Waals surface area contributed by atoms with Crippen LogP contribution in [0.2, 0.25) is 0 Å². The quantitative estimate of drug-likeness (QED) is 0.239. The van der Waals surface area contributed by atoms with Crippen molar-refractivity contribution in [2.24, 2.45) is 0 Å². The molecule has 1 saturated carbocycles. The number of hydrogen-bond donors (Lipinski definition) is 2. The van der Waals surface area contributed by atoms with Crippen LogP contribution in [0.15, 0.2) is 70.7 Å². The summed E-state index contributed by atoms with van der Waals surface area (Å²) >= 11 is 1.26. The number of H-pyrrole nitrogens is 1. The van der Waals surface area contributed by atoms with Crippen LogP contribution in [0, 0.1) is 0 Å². The van der Waals surface area contributed by atoms with E-state index in [2.05, 4.69) is 10.3 Å². The Morgan fingerprint density at radius 2 is 1.85 bits per heavy atom. The van der Waals surface area contributed by atoms with Crippen LogP contribution < -0.4 is 10.9 Å². The van der Waals surface area contributed by atoms with Crippen LogP contribution in [0.3, 0.4) is 0 Å². The smallest absolute Gasteiger partial charge is 0.278 e. The predicted molar refractivity (Wildman–Crippen MR) is 130 cm³/mol. The number of carbonyl (C=O) groups is 2. The number of ketones is 1. The number of benzene rings is 2. The van der Waals surface area contributed by atoms with Gasteiger partial charge in [-0.25, -0.2) is 4.98 Å². The Morgan fingerprint density at radius 1 is 1.12 bits per heavy atom. The van der Waals surface area contributed by atoms with Crippen molar-refractivity contribution in [3.05, 3.63) is 76.7 Å². The van der Waals surface area contributed by atoms with Crippen molar-refractivity contribution in [1.82, 2.24) is 14.5 Å². The fourth-order valence-corrected chi connectivity index (χ4v) is 4.62. The zero-order valence-electron chi connectivity index (χ0n) is 18.0. The number of nitrogens with zero attached hydrogens (tertiary/aromatic N) is 2. The molecule has 1 aliphatic carbocycles. The summed E-state index contributed by atoms with van der Waals surface area (Å²) in [5.74, 6) is -0.114. The van der Waals surface area contributed by atoms with Crippen LogP contribution in [0.5, 0.6) is 0 Å². The van der Waals surface area contributed by atoms with Gasteiger partial charge in [-0.3, -0.25) is 19.0 Å². The minimum Gasteiger partial charge on any atom is -0.355 e. The van der Waals surface area contributed by atoms with Gasteiger partial charge in [0.05, 0.1) is 5.75 Å². The highest BCUT2D eigenvalue weighted by Crippen LogP contribution is 2.37. The fourth-order valence-electron chi connectivity index (χ4n) is 3.76. The predicted octanol–water partition coefficient (Wildman–Crippen LogP) is 4.66. The number of rotatable bonds is 7. The number of amides is 1. The standard InChI is InChI=1S/C25H22N4O3S/c1-15(30)16-7-9-18(10-8-16)27-21(31)14-33-25-28-22-20(17-5-3-2-4-6-17)13-26-23(22)24(32)29(25)19-11-12-19/h2-10,13,19,26H,11-12,14H2,1H3,(H,27,31). The normalized spacial score (nSPS) is 13.2. The van der Waals surface area contributed by atoms with E-state index in [1.54, 1.807) is 28.8 Å². The van der Waals surface area contributed by atoms with Crippen molar-refractivity contribution in [3.63, 3.8) is 0 Å². The molecular formula is C25H22N4O3S. The van der Waals surface area contributed by atoms with Crippen molar-refractivity contribution < 1.29 is 9.59 Å². The lowest BCUT2D eigenvalue weighted by Gasteiger charge is -2.12. The van der Waals surface area contributed by atoms with Gasteiger partial charge in [0.25, 0.3) is 5.56 Å². The molecule has 1 aliphatic rings. The van der Waals surface area contributed by atoms with E-state index in [9.17, 15) is 14.4 Å². The van der Waals surface area contributed by atoms with Crippen molar-refractivity contribution >= 4 is 40.2 Å². The van der Waals surface area contributed by atoms with Gasteiger partial charge in [0.15, 0.2) is 10.9 Å². The van der Waals surface area contributed by atoms with E-state index in [1.807, 2.05) is 36.5 Å². The van der Waals surface area contributed by atoms with Crippen molar-refractivity contribution in [1.29, 1.82) is 0 Å². The molecule has 1 amide bonds. The highest BCUT2D eigenvalue weighted by Gasteiger charge is 2.29. The Morgan fingerprint density at radius 3 is 2.52 bits per heavy atom. The number of thioether (sulfide) groups is 1. The Bertz CT molecular complexity index is 1400. The lowest BCUT2D eigenvalue weighted by Crippen LogP contribution is -2.23. The summed E-state index contributed by atoms with van der Waals surface area (Å²) in [5.41, 5.74) is 4.04. The zero-order valence-corrected chi connectivity index (χ0v) is 18.8. The summed E-state index contributed by atoms with van der Waals surface area (Å²) in [5, 5.41) is 3.38. The maximum Gasteiger partial charge on any atom is 0.278 e. The number of anilines is 1. The van der Waals surface area contributed by atoms with Crippen molar-refractivity contribution in [2.75, 3.05) is 11.1 Å². The number of carbonyl (C=O) groups excluding carboxylic acids is 2. The second-order valence-corrected chi connectivity index (χ2v) is 9.01. The molecular weight excluding hydrogens is 436 g/mol. The molecule has 2 heterocycles. The van der Waals surface area contributed by atoms with Crippen molar-refractivity contribution in [2.45, 2.75) is 31.0 Å². The van der Waals surface area contributed by atoms with E-state index < -0.39 is 0 Å². The molecule has 4 aromatic rings. The van der Waals surface area contributed by atoms with E-state index in [4.69, 9.17) is 4.98 Å². The second-order valence-electron chi connectivity index (χ2n) is 8.06. The Balaban J connectivity index is 1.41. The molecule has 0 unspecified atom stereocenters. The van der Waals surface area contributed by atoms with Gasteiger partial charge < -0.3 is 10.3 Å². The van der Waals surface area contributed by atoms with E-state index in [1.165, 1.54) is 18.7 Å². The molecule has 166 valence electrons. The molecule has 0 aliphatic heterocycles. The number of hydrogen-bond acceptors (Lipinski definition) is 5. The highest BCUT2D eigenvalue weighted by atomic mass is 32.2. The third-order valence-electron chi connectivity index (χ3n) is 5.60. The monoisotopic (exact) mass is 458 g/mol. The van der Waals surface area contributed by atoms with Crippen LogP contribution in [0.1, 0.15) is 36.2 Å². The first-order chi connectivity index (χ1) is 16.0. The van der Waals surface area contributed by atoms with Gasteiger partial charge in [-0.05, 0) is 49.6 Å². The average molecular weight is 459 g/mol. The maximum atomic E-state index is 13.2. The molecule has 0 atom stereocenters. The number of nitrogens with one attached hydrogen (secondary N) is 2. The average Bonchev–Trinajstić information content (AvgIpc) is 3.56. The molecule has 2 N–H and O–H groups in total. The third-order valence-corrected chi connectivity index (χ3v) is 6.56. The first kappa shape index (κ1) is 21.2. The van der Waals surface area contributed by atoms with Gasteiger partial charge in [-0.1, -0.05) is 42.1 Å². The lowest BCUT2D eigenvalue weighted by atomic mass is 10.1. The molecule has 0 saturated heterocycles. The summed E-state index contributed by atoms with van der Waals surface area (Å²) in [4.78, 5) is 45.2. The lowest BCUT2D eigenvalue weighted by molar-refractivity contribution is -0.113. The van der Waals surface area contributed by atoms with Gasteiger partial charge in [0.1, 0.15) is 11.0 Å². The first-order valence-electron chi connectivity index (χ1n) is 10.7. The van der Waals surface area contributed by atoms with E-state index in [0.29, 0.717) is 27.4 Å². The number of aromatic amines is 1. The Kier molecular flexibility index (Phi) is 5.60. The summed E-state index contributed by atoms with van der Waals surface area (Å²) < 4.78 is 1.72. The number of fused-ring (bicyclic) bond motifs is 1. The molecule has 8 heteroatoms. The minimum atomic E-state index is -0.204. The van der Waals surface area contributed by atoms with Gasteiger partial charge in [-0.2, -0.15) is 0 Å². The van der Waals surface area contributed by atoms with Crippen LogP contribution in [-0.4, -0.2) is 32.0 Å². The van der Waals surface area contributed by atoms with E-state index >= 15 is 0 Å². The topological polar surface area (TPSA) is 96.8 Å². The summed E-state index contributed by atoms with van der Waals surface area (Å²) in [6.07, 6.45) is 3.68. The fraction of sp³-hybridized carbons (Fsp3) is 0.200. The molecule has 33 heavy (non-hydrogen) atoms. The molecule has 1 fully saturated rings. The van der Waals surface area contributed by atoms with E-state index in [-0.39, 0.29) is 29.0 Å². The highest BCUT2D eigenvalue weighted by molar-refractivity contribution is 7.99. The minimum absolute atomic E-state index is 0.0254. The summed E-state index contributed by atoms with van der Waals surface area (Å²) in [7, 11) is 0. The number of aromatic nitrogens is 3. The third kappa shape index (κ3) is 4.34. The van der Waals surface area contributed by atoms with Crippen LogP contribution >= 0.6 is 11.8 Å². The maximum absolute atomic E-state index is 13.2. The Hall–Kier alpha value is -3.65. The molecule has 0 bridgehead atoms. The molecule has 0 spiro atoms. The van der Waals surface area contributed by atoms with Crippen LogP contribution in [-0.2, 0) is 4.79 Å². The van der Waals surface area contributed by atoms with Crippen LogP contribution in [0.4, 0.5) is 5.69 Å². The first-order valence-corrected chi connectivity index (χ1v) is 11.7. The zero-order chi connectivity index (χ0) is 22.9. The van der Waals surface area contributed by atoms with Crippen LogP contribution in [0.25, 0.3) is 22.2 Å². The van der Waals surface area contributed by atoms with Gasteiger partial charge >= 0.3 is 0 Å². The molecule has 7 nitrogen and oxygen atoms in total. The molecule has 2 aromatic carbocycles. The SMILES string of the molecule is CC(=O)c1ccc(NC(=O)CSc2nc3c(-c4ccccc4)c[nH]c3c(=O)n2C2CC2)cc1. The largest absolute Gasteiger partial charge is 0.355 e. The summed E-state index contributed by atoms with van der Waals surface area (Å²) in [6.45, 7) is 1.50. The second kappa shape index (κ2) is 8.71. The van der Waals surface area contributed by atoms with Crippen molar-refractivity contribution in [3.8, 4) is 11.1 Å². The molecule has 5 rings (SSSR count).